The Balaban J connectivity index is 2.02. The topological polar surface area (TPSA) is 65.1 Å². The molecule has 1 heterocycles. The summed E-state index contributed by atoms with van der Waals surface area (Å²) in [4.78, 5) is 25.6. The van der Waals surface area contributed by atoms with Gasteiger partial charge in [-0.15, -0.1) is 0 Å². The molecule has 142 valence electrons. The lowest BCUT2D eigenvalue weighted by atomic mass is 9.97. The lowest BCUT2D eigenvalue weighted by Crippen LogP contribution is -2.39. The summed E-state index contributed by atoms with van der Waals surface area (Å²) >= 11 is 6.24. The molecule has 1 fully saturated rings. The molecular weight excluding hydrogens is 358 g/mol. The summed E-state index contributed by atoms with van der Waals surface area (Å²) in [6.07, 6.45) is 4.44. The number of esters is 1. The number of methoxy groups -OCH3 is 2. The molecule has 0 radical (unpaired) electrons. The zero-order valence-corrected chi connectivity index (χ0v) is 16.0. The van der Waals surface area contributed by atoms with E-state index in [1.807, 2.05) is 6.92 Å². The third-order valence-electron chi connectivity index (χ3n) is 4.30. The molecule has 0 bridgehead atoms. The van der Waals surface area contributed by atoms with Crippen LogP contribution >= 0.6 is 11.6 Å². The van der Waals surface area contributed by atoms with Crippen LogP contribution in [-0.4, -0.2) is 50.7 Å². The van der Waals surface area contributed by atoms with Crippen molar-refractivity contribution in [3.8, 4) is 11.5 Å². The molecular formula is C19H24ClNO5. The van der Waals surface area contributed by atoms with E-state index in [-0.39, 0.29) is 17.8 Å². The van der Waals surface area contributed by atoms with Gasteiger partial charge in [-0.2, -0.15) is 0 Å². The summed E-state index contributed by atoms with van der Waals surface area (Å²) in [5, 5.41) is 0.428. The van der Waals surface area contributed by atoms with Crippen LogP contribution in [0.1, 0.15) is 25.3 Å². The standard InChI is InChI=1S/C19H24ClNO5/c1-4-26-18-15(20)11-13(12-16(18)24-2)5-6-17(22)21-9-7-14(8-10-21)19(23)25-3/h5-6,11-12,14H,4,7-10H2,1-3H3/b6-5-. The van der Waals surface area contributed by atoms with Crippen LogP contribution in [0.4, 0.5) is 0 Å². The Morgan fingerprint density at radius 2 is 1.96 bits per heavy atom. The van der Waals surface area contributed by atoms with Gasteiger partial charge in [-0.1, -0.05) is 11.6 Å². The second kappa shape index (κ2) is 9.48. The van der Waals surface area contributed by atoms with E-state index < -0.39 is 0 Å². The summed E-state index contributed by atoms with van der Waals surface area (Å²) in [6.45, 7) is 3.42. The molecule has 7 heteroatoms. The highest BCUT2D eigenvalue weighted by Gasteiger charge is 2.27. The number of carbonyl (C=O) groups excluding carboxylic acids is 2. The largest absolute Gasteiger partial charge is 0.493 e. The highest BCUT2D eigenvalue weighted by atomic mass is 35.5. The number of halogens is 1. The van der Waals surface area contributed by atoms with Crippen LogP contribution in [0.25, 0.3) is 6.08 Å². The van der Waals surface area contributed by atoms with Gasteiger partial charge < -0.3 is 19.1 Å². The molecule has 6 nitrogen and oxygen atoms in total. The quantitative estimate of drug-likeness (QED) is 0.559. The molecule has 0 spiro atoms. The van der Waals surface area contributed by atoms with Gasteiger partial charge in [0.15, 0.2) is 11.5 Å². The smallest absolute Gasteiger partial charge is 0.308 e. The minimum Gasteiger partial charge on any atom is -0.493 e. The SMILES string of the molecule is CCOc1c(Cl)cc(/C=C\C(=O)N2CCC(C(=O)OC)CC2)cc1OC. The van der Waals surface area contributed by atoms with Crippen LogP contribution in [0.15, 0.2) is 18.2 Å². The maximum absolute atomic E-state index is 12.4. The Labute approximate surface area is 158 Å². The molecule has 0 aromatic heterocycles. The lowest BCUT2D eigenvalue weighted by molar-refractivity contribution is -0.148. The van der Waals surface area contributed by atoms with Crippen molar-refractivity contribution in [1.29, 1.82) is 0 Å². The van der Waals surface area contributed by atoms with Crippen molar-refractivity contribution in [1.82, 2.24) is 4.90 Å². The van der Waals surface area contributed by atoms with Gasteiger partial charge in [0.2, 0.25) is 5.91 Å². The van der Waals surface area contributed by atoms with E-state index in [0.29, 0.717) is 49.1 Å². The average molecular weight is 382 g/mol. The van der Waals surface area contributed by atoms with E-state index in [0.717, 1.165) is 5.56 Å². The number of nitrogens with zero attached hydrogens (tertiary/aromatic N) is 1. The van der Waals surface area contributed by atoms with Crippen LogP contribution in [-0.2, 0) is 14.3 Å². The zero-order valence-electron chi connectivity index (χ0n) is 15.3. The zero-order chi connectivity index (χ0) is 19.1. The average Bonchev–Trinajstić information content (AvgIpc) is 2.67. The number of benzene rings is 1. The van der Waals surface area contributed by atoms with E-state index >= 15 is 0 Å². The first-order valence-corrected chi connectivity index (χ1v) is 8.93. The van der Waals surface area contributed by atoms with Crippen molar-refractivity contribution in [3.05, 3.63) is 28.8 Å². The van der Waals surface area contributed by atoms with Crippen LogP contribution in [0.3, 0.4) is 0 Å². The molecule has 1 aliphatic heterocycles. The Morgan fingerprint density at radius 3 is 2.54 bits per heavy atom. The highest BCUT2D eigenvalue weighted by molar-refractivity contribution is 6.32. The third kappa shape index (κ3) is 4.91. The van der Waals surface area contributed by atoms with Gasteiger partial charge in [0.1, 0.15) is 0 Å². The van der Waals surface area contributed by atoms with Crippen LogP contribution in [0.5, 0.6) is 11.5 Å². The normalized spacial score (nSPS) is 15.2. The number of piperidine rings is 1. The van der Waals surface area contributed by atoms with Gasteiger partial charge in [-0.3, -0.25) is 9.59 Å². The molecule has 2 rings (SSSR count). The fourth-order valence-corrected chi connectivity index (χ4v) is 3.17. The first-order valence-electron chi connectivity index (χ1n) is 8.55. The highest BCUT2D eigenvalue weighted by Crippen LogP contribution is 2.36. The molecule has 0 saturated carbocycles. The van der Waals surface area contributed by atoms with Crippen LogP contribution in [0, 0.1) is 5.92 Å². The van der Waals surface area contributed by atoms with Gasteiger partial charge in [0.25, 0.3) is 0 Å². The van der Waals surface area contributed by atoms with Gasteiger partial charge in [0, 0.05) is 19.2 Å². The molecule has 1 aromatic rings. The second-order valence-corrected chi connectivity index (χ2v) is 6.33. The number of hydrogen-bond donors (Lipinski definition) is 0. The van der Waals surface area contributed by atoms with Gasteiger partial charge in [-0.25, -0.2) is 0 Å². The van der Waals surface area contributed by atoms with E-state index in [2.05, 4.69) is 0 Å². The fourth-order valence-electron chi connectivity index (χ4n) is 2.90. The van der Waals surface area contributed by atoms with Crippen LogP contribution in [0.2, 0.25) is 5.02 Å². The predicted octanol–water partition coefficient (Wildman–Crippen LogP) is 3.17. The molecule has 0 aliphatic carbocycles. The molecule has 0 N–H and O–H groups in total. The van der Waals surface area contributed by atoms with E-state index in [1.54, 1.807) is 23.1 Å². The Morgan fingerprint density at radius 1 is 1.27 bits per heavy atom. The summed E-state index contributed by atoms with van der Waals surface area (Å²) in [6, 6.07) is 3.49. The lowest BCUT2D eigenvalue weighted by Gasteiger charge is -2.29. The Kier molecular flexibility index (Phi) is 7.33. The van der Waals surface area contributed by atoms with Gasteiger partial charge >= 0.3 is 5.97 Å². The maximum atomic E-state index is 12.4. The summed E-state index contributed by atoms with van der Waals surface area (Å²) < 4.78 is 15.5. The minimum atomic E-state index is -0.205. The molecule has 1 amide bonds. The molecule has 1 aromatic carbocycles. The van der Waals surface area contributed by atoms with Crippen LogP contribution < -0.4 is 9.47 Å². The first-order chi connectivity index (χ1) is 12.5. The monoisotopic (exact) mass is 381 g/mol. The third-order valence-corrected chi connectivity index (χ3v) is 4.58. The summed E-state index contributed by atoms with van der Waals surface area (Å²) in [7, 11) is 2.93. The first kappa shape index (κ1) is 20.1. The van der Waals surface area contributed by atoms with E-state index in [1.165, 1.54) is 20.3 Å². The van der Waals surface area contributed by atoms with Gasteiger partial charge in [0.05, 0.1) is 31.8 Å². The number of hydrogen-bond acceptors (Lipinski definition) is 5. The maximum Gasteiger partial charge on any atom is 0.308 e. The number of amides is 1. The molecule has 26 heavy (non-hydrogen) atoms. The summed E-state index contributed by atoms with van der Waals surface area (Å²) in [5.74, 6) is 0.582. The molecule has 1 saturated heterocycles. The Bertz CT molecular complexity index is 681. The second-order valence-electron chi connectivity index (χ2n) is 5.92. The van der Waals surface area contributed by atoms with Crippen molar-refractivity contribution in [2.45, 2.75) is 19.8 Å². The molecule has 0 unspecified atom stereocenters. The molecule has 0 atom stereocenters. The van der Waals surface area contributed by atoms with E-state index in [9.17, 15) is 9.59 Å². The van der Waals surface area contributed by atoms with Crippen molar-refractivity contribution >= 4 is 29.6 Å². The van der Waals surface area contributed by atoms with Crippen molar-refractivity contribution in [3.63, 3.8) is 0 Å². The number of likely N-dealkylation sites (tertiary alicyclic amines) is 1. The van der Waals surface area contributed by atoms with E-state index in [4.69, 9.17) is 25.8 Å². The predicted molar refractivity (Wildman–Crippen MR) is 99.5 cm³/mol. The Hall–Kier alpha value is -2.21. The van der Waals surface area contributed by atoms with Crippen molar-refractivity contribution < 1.29 is 23.8 Å². The van der Waals surface area contributed by atoms with Crippen molar-refractivity contribution in [2.24, 2.45) is 5.92 Å². The number of carbonyl (C=O) groups is 2. The fraction of sp³-hybridized carbons (Fsp3) is 0.474. The number of ether oxygens (including phenoxy) is 3. The summed E-state index contributed by atoms with van der Waals surface area (Å²) in [5.41, 5.74) is 0.744. The van der Waals surface area contributed by atoms with Gasteiger partial charge in [-0.05, 0) is 43.5 Å². The van der Waals surface area contributed by atoms with Crippen molar-refractivity contribution in [2.75, 3.05) is 33.9 Å². The molecule has 1 aliphatic rings. The number of rotatable bonds is 6. The minimum absolute atomic E-state index is 0.0997.